The highest BCUT2D eigenvalue weighted by Crippen LogP contribution is 2.28. The molecule has 1 aliphatic heterocycles. The topological polar surface area (TPSA) is 62.3 Å². The van der Waals surface area contributed by atoms with Crippen LogP contribution in [-0.2, 0) is 4.79 Å². The minimum atomic E-state index is -0.0867. The van der Waals surface area contributed by atoms with Crippen LogP contribution in [0.15, 0.2) is 41.1 Å². The maximum absolute atomic E-state index is 12.7. The number of rotatable bonds is 4. The van der Waals surface area contributed by atoms with Gasteiger partial charge in [0, 0.05) is 30.0 Å². The lowest BCUT2D eigenvalue weighted by Gasteiger charge is -2.30. The highest BCUT2D eigenvalue weighted by molar-refractivity contribution is 7.14. The van der Waals surface area contributed by atoms with Gasteiger partial charge in [-0.2, -0.15) is 0 Å². The molecular formula is C22H23N3O2S2. The fraction of sp³-hybridized carbons (Fsp3) is 0.318. The number of nitrogens with zero attached hydrogens (tertiary/aromatic N) is 2. The third kappa shape index (κ3) is 4.41. The van der Waals surface area contributed by atoms with Gasteiger partial charge in [-0.15, -0.1) is 22.7 Å². The molecule has 29 heavy (non-hydrogen) atoms. The molecule has 0 atom stereocenters. The lowest BCUT2D eigenvalue weighted by molar-refractivity contribution is -0.121. The van der Waals surface area contributed by atoms with E-state index in [-0.39, 0.29) is 17.7 Å². The zero-order valence-electron chi connectivity index (χ0n) is 16.5. The Morgan fingerprint density at radius 3 is 2.59 bits per heavy atom. The fourth-order valence-corrected chi connectivity index (χ4v) is 4.89. The molecule has 0 bridgehead atoms. The molecule has 1 aromatic carbocycles. The summed E-state index contributed by atoms with van der Waals surface area (Å²) in [6.45, 7) is 5.40. The van der Waals surface area contributed by atoms with E-state index >= 15 is 0 Å². The summed E-state index contributed by atoms with van der Waals surface area (Å²) in [7, 11) is 0. The van der Waals surface area contributed by atoms with Crippen molar-refractivity contribution in [3.8, 4) is 11.3 Å². The first-order valence-electron chi connectivity index (χ1n) is 9.68. The number of anilines is 1. The average molecular weight is 426 g/mol. The summed E-state index contributed by atoms with van der Waals surface area (Å²) in [4.78, 5) is 32.3. The number of benzene rings is 1. The van der Waals surface area contributed by atoms with Crippen molar-refractivity contribution in [3.63, 3.8) is 0 Å². The Kier molecular flexibility index (Phi) is 5.78. The average Bonchev–Trinajstić information content (AvgIpc) is 3.42. The third-order valence-corrected chi connectivity index (χ3v) is 7.04. The lowest BCUT2D eigenvalue weighted by atomic mass is 9.96. The number of amides is 2. The van der Waals surface area contributed by atoms with Crippen LogP contribution >= 0.6 is 22.7 Å². The van der Waals surface area contributed by atoms with Crippen LogP contribution in [0, 0.1) is 19.8 Å². The van der Waals surface area contributed by atoms with Crippen molar-refractivity contribution >= 4 is 39.6 Å². The van der Waals surface area contributed by atoms with Gasteiger partial charge in [-0.1, -0.05) is 18.2 Å². The van der Waals surface area contributed by atoms with Crippen molar-refractivity contribution in [2.45, 2.75) is 26.7 Å². The molecule has 2 amide bonds. The Balaban J connectivity index is 1.34. The number of likely N-dealkylation sites (tertiary alicyclic amines) is 1. The molecule has 1 fully saturated rings. The van der Waals surface area contributed by atoms with Gasteiger partial charge in [0.1, 0.15) is 0 Å². The lowest BCUT2D eigenvalue weighted by Crippen LogP contribution is -2.41. The van der Waals surface area contributed by atoms with Crippen LogP contribution in [0.25, 0.3) is 11.3 Å². The van der Waals surface area contributed by atoms with Crippen molar-refractivity contribution in [1.82, 2.24) is 9.88 Å². The van der Waals surface area contributed by atoms with E-state index in [4.69, 9.17) is 0 Å². The minimum Gasteiger partial charge on any atom is -0.338 e. The minimum absolute atomic E-state index is 0.00536. The maximum Gasteiger partial charge on any atom is 0.263 e. The summed E-state index contributed by atoms with van der Waals surface area (Å²) in [6, 6.07) is 10.0. The molecule has 0 unspecified atom stereocenters. The Hall–Kier alpha value is -2.51. The van der Waals surface area contributed by atoms with Gasteiger partial charge in [-0.05, 0) is 55.3 Å². The molecule has 0 saturated carbocycles. The molecule has 3 heterocycles. The number of thiophene rings is 1. The van der Waals surface area contributed by atoms with Crippen LogP contribution in [0.2, 0.25) is 0 Å². The van der Waals surface area contributed by atoms with Crippen LogP contribution in [0.3, 0.4) is 0 Å². The second-order valence-electron chi connectivity index (χ2n) is 7.37. The summed E-state index contributed by atoms with van der Waals surface area (Å²) in [5.41, 5.74) is 4.42. The standard InChI is InChI=1S/C22H23N3O2S2/c1-14-5-6-17(12-15(14)2)18-13-29-22(23-18)24-20(26)16-7-9-25(10-8-16)21(27)19-4-3-11-28-19/h3-6,11-13,16H,7-10H2,1-2H3,(H,23,24,26). The first-order chi connectivity index (χ1) is 14.0. The van der Waals surface area contributed by atoms with E-state index in [1.165, 1.54) is 33.8 Å². The number of thiazole rings is 1. The fourth-order valence-electron chi connectivity index (χ4n) is 3.47. The van der Waals surface area contributed by atoms with E-state index in [0.29, 0.717) is 31.1 Å². The molecule has 1 aliphatic rings. The molecule has 0 radical (unpaired) electrons. The number of hydrogen-bond donors (Lipinski definition) is 1. The first-order valence-corrected chi connectivity index (χ1v) is 11.4. The van der Waals surface area contributed by atoms with Crippen molar-refractivity contribution in [2.24, 2.45) is 5.92 Å². The molecule has 5 nitrogen and oxygen atoms in total. The number of hydrogen-bond acceptors (Lipinski definition) is 5. The van der Waals surface area contributed by atoms with Crippen molar-refractivity contribution in [2.75, 3.05) is 18.4 Å². The highest BCUT2D eigenvalue weighted by Gasteiger charge is 2.28. The molecule has 4 rings (SSSR count). The Bertz CT molecular complexity index is 1020. The number of carbonyl (C=O) groups is 2. The Morgan fingerprint density at radius 1 is 1.10 bits per heavy atom. The van der Waals surface area contributed by atoms with E-state index in [2.05, 4.69) is 42.3 Å². The monoisotopic (exact) mass is 425 g/mol. The predicted octanol–water partition coefficient (Wildman–Crippen LogP) is 4.98. The van der Waals surface area contributed by atoms with E-state index in [9.17, 15) is 9.59 Å². The molecule has 1 N–H and O–H groups in total. The van der Waals surface area contributed by atoms with Crippen molar-refractivity contribution in [1.29, 1.82) is 0 Å². The summed E-state index contributed by atoms with van der Waals surface area (Å²) < 4.78 is 0. The normalized spacial score (nSPS) is 14.8. The number of nitrogens with one attached hydrogen (secondary N) is 1. The largest absolute Gasteiger partial charge is 0.338 e. The smallest absolute Gasteiger partial charge is 0.263 e. The van der Waals surface area contributed by atoms with Gasteiger partial charge >= 0.3 is 0 Å². The van der Waals surface area contributed by atoms with Gasteiger partial charge in [0.15, 0.2) is 5.13 Å². The van der Waals surface area contributed by atoms with Gasteiger partial charge in [0.05, 0.1) is 10.6 Å². The van der Waals surface area contributed by atoms with E-state index in [0.717, 1.165) is 16.1 Å². The Morgan fingerprint density at radius 2 is 1.90 bits per heavy atom. The number of aryl methyl sites for hydroxylation is 2. The van der Waals surface area contributed by atoms with E-state index in [1.807, 2.05) is 27.8 Å². The predicted molar refractivity (Wildman–Crippen MR) is 119 cm³/mol. The maximum atomic E-state index is 12.7. The molecule has 150 valence electrons. The summed E-state index contributed by atoms with van der Waals surface area (Å²) >= 11 is 2.90. The van der Waals surface area contributed by atoms with Gasteiger partial charge in [0.25, 0.3) is 5.91 Å². The van der Waals surface area contributed by atoms with Gasteiger partial charge in [-0.25, -0.2) is 4.98 Å². The van der Waals surface area contributed by atoms with Crippen LogP contribution in [0.4, 0.5) is 5.13 Å². The highest BCUT2D eigenvalue weighted by atomic mass is 32.1. The molecular weight excluding hydrogens is 402 g/mol. The van der Waals surface area contributed by atoms with Crippen molar-refractivity contribution in [3.05, 3.63) is 57.1 Å². The molecule has 1 saturated heterocycles. The van der Waals surface area contributed by atoms with E-state index in [1.54, 1.807) is 0 Å². The first kappa shape index (κ1) is 19.8. The van der Waals surface area contributed by atoms with Gasteiger partial charge < -0.3 is 10.2 Å². The number of carbonyl (C=O) groups excluding carboxylic acids is 2. The summed E-state index contributed by atoms with van der Waals surface area (Å²) in [5.74, 6) is -0.0256. The van der Waals surface area contributed by atoms with Crippen LogP contribution < -0.4 is 5.32 Å². The zero-order valence-corrected chi connectivity index (χ0v) is 18.1. The van der Waals surface area contributed by atoms with Crippen LogP contribution in [0.5, 0.6) is 0 Å². The van der Waals surface area contributed by atoms with Crippen LogP contribution in [0.1, 0.15) is 33.6 Å². The van der Waals surface area contributed by atoms with Crippen molar-refractivity contribution < 1.29 is 9.59 Å². The Labute approximate surface area is 178 Å². The van der Waals surface area contributed by atoms with E-state index < -0.39 is 0 Å². The second kappa shape index (κ2) is 8.47. The molecule has 7 heteroatoms. The number of piperidine rings is 1. The van der Waals surface area contributed by atoms with Crippen LogP contribution in [-0.4, -0.2) is 34.8 Å². The molecule has 0 aliphatic carbocycles. The summed E-state index contributed by atoms with van der Waals surface area (Å²) in [6.07, 6.45) is 1.36. The zero-order chi connectivity index (χ0) is 20.4. The quantitative estimate of drug-likeness (QED) is 0.641. The molecule has 2 aromatic heterocycles. The van der Waals surface area contributed by atoms with Gasteiger partial charge in [0.2, 0.25) is 5.91 Å². The SMILES string of the molecule is Cc1ccc(-c2csc(NC(=O)C3CCN(C(=O)c4cccs4)CC3)n2)cc1C. The second-order valence-corrected chi connectivity index (χ2v) is 9.18. The number of aromatic nitrogens is 1. The molecule has 3 aromatic rings. The van der Waals surface area contributed by atoms with Gasteiger partial charge in [-0.3, -0.25) is 9.59 Å². The third-order valence-electron chi connectivity index (χ3n) is 5.42. The summed E-state index contributed by atoms with van der Waals surface area (Å²) in [5, 5.41) is 7.48. The molecule has 0 spiro atoms.